The fraction of sp³-hybridized carbons (Fsp3) is 0.548. The zero-order valence-corrected chi connectivity index (χ0v) is 24.4. The normalized spacial score (nSPS) is 14.4. The Balaban J connectivity index is 1.47. The van der Waals surface area contributed by atoms with E-state index in [-0.39, 0.29) is 17.3 Å². The van der Waals surface area contributed by atoms with Crippen molar-refractivity contribution in [2.45, 2.75) is 76.8 Å². The molecule has 4 nitrogen and oxygen atoms in total. The lowest BCUT2D eigenvalue weighted by molar-refractivity contribution is -0.129. The van der Waals surface area contributed by atoms with Gasteiger partial charge in [0.05, 0.1) is 17.9 Å². The molecule has 0 unspecified atom stereocenters. The van der Waals surface area contributed by atoms with E-state index in [1.807, 2.05) is 7.05 Å². The lowest BCUT2D eigenvalue weighted by Crippen LogP contribution is -2.22. The molecule has 3 rings (SSSR count). The van der Waals surface area contributed by atoms with E-state index in [4.69, 9.17) is 0 Å². The summed E-state index contributed by atoms with van der Waals surface area (Å²) < 4.78 is 88.4. The van der Waals surface area contributed by atoms with Crippen molar-refractivity contribution in [3.05, 3.63) is 64.7 Å². The molecule has 0 aromatic heterocycles. The topological polar surface area (TPSA) is 57.6 Å². The second kappa shape index (κ2) is 15.1. The first-order valence-electron chi connectivity index (χ1n) is 14.3. The van der Waals surface area contributed by atoms with Gasteiger partial charge in [0, 0.05) is 0 Å². The number of fused-ring (bicyclic) bond motifs is 1. The van der Waals surface area contributed by atoms with Crippen LogP contribution in [0.4, 0.5) is 22.0 Å². The highest BCUT2D eigenvalue weighted by Gasteiger charge is 2.29. The van der Waals surface area contributed by atoms with Crippen LogP contribution in [0.3, 0.4) is 0 Å². The van der Waals surface area contributed by atoms with Crippen LogP contribution in [-0.2, 0) is 16.3 Å². The molecule has 10 heteroatoms. The van der Waals surface area contributed by atoms with Crippen LogP contribution in [0.25, 0.3) is 11.1 Å². The Morgan fingerprint density at radius 2 is 1.54 bits per heavy atom. The zero-order valence-electron chi connectivity index (χ0n) is 23.6. The first-order chi connectivity index (χ1) is 19.3. The smallest absolute Gasteiger partial charge is 0.390 e. The molecule has 41 heavy (non-hydrogen) atoms. The van der Waals surface area contributed by atoms with E-state index in [0.29, 0.717) is 19.4 Å². The number of phenolic OH excluding ortho intramolecular Hbond substituents is 1. The largest absolute Gasteiger partial charge is 0.505 e. The number of nitrogens with zero attached hydrogens (tertiary/aromatic N) is 1. The highest BCUT2D eigenvalue weighted by molar-refractivity contribution is 7.91. The van der Waals surface area contributed by atoms with Crippen molar-refractivity contribution in [2.24, 2.45) is 0 Å². The standard InChI is InChI=1S/C31H40F5NO3S/c1-37(18-6-7-19-41(39,40)20-16-31(34,35)36)17-5-3-2-4-10-27-26(23-12-14-25(32)15-13-23)11-8-9-24-21-30(38)29(33)22-28(24)27/h12-15,21-22,38H,2-11,16-20H2,1H3. The number of allylic oxidation sites excluding steroid dienone is 2. The molecular weight excluding hydrogens is 561 g/mol. The number of rotatable bonds is 15. The number of alkyl halides is 3. The maximum atomic E-state index is 14.4. The lowest BCUT2D eigenvalue weighted by Gasteiger charge is -2.18. The molecule has 0 fully saturated rings. The van der Waals surface area contributed by atoms with Crippen LogP contribution in [0.15, 0.2) is 36.4 Å². The van der Waals surface area contributed by atoms with Gasteiger partial charge in [-0.3, -0.25) is 0 Å². The summed E-state index contributed by atoms with van der Waals surface area (Å²) in [6, 6.07) is 9.34. The second-order valence-corrected chi connectivity index (χ2v) is 13.3. The predicted molar refractivity (Wildman–Crippen MR) is 153 cm³/mol. The van der Waals surface area contributed by atoms with Gasteiger partial charge in [-0.05, 0) is 124 Å². The summed E-state index contributed by atoms with van der Waals surface area (Å²) in [4.78, 5) is 2.11. The number of unbranched alkanes of at least 4 members (excludes halogenated alkanes) is 4. The second-order valence-electron chi connectivity index (χ2n) is 11.0. The van der Waals surface area contributed by atoms with Crippen LogP contribution in [0, 0.1) is 11.6 Å². The van der Waals surface area contributed by atoms with Crippen molar-refractivity contribution >= 4 is 21.0 Å². The minimum Gasteiger partial charge on any atom is -0.505 e. The minimum absolute atomic E-state index is 0.223. The Labute approximate surface area is 240 Å². The number of hydrogen-bond donors (Lipinski definition) is 1. The number of aromatic hydroxyl groups is 1. The summed E-state index contributed by atoms with van der Waals surface area (Å²) in [6.07, 6.45) is 2.06. The van der Waals surface area contributed by atoms with Crippen LogP contribution in [0.2, 0.25) is 0 Å². The van der Waals surface area contributed by atoms with E-state index < -0.39 is 34.0 Å². The van der Waals surface area contributed by atoms with Crippen molar-refractivity contribution in [2.75, 3.05) is 31.6 Å². The summed E-state index contributed by atoms with van der Waals surface area (Å²) in [7, 11) is -1.74. The van der Waals surface area contributed by atoms with Crippen molar-refractivity contribution in [1.29, 1.82) is 0 Å². The SMILES string of the molecule is CN(CCCCCCC1=C(c2ccc(F)cc2)CCCc2cc(O)c(F)cc21)CCCCS(=O)(=O)CCC(F)(F)F. The van der Waals surface area contributed by atoms with E-state index in [9.17, 15) is 35.5 Å². The summed E-state index contributed by atoms with van der Waals surface area (Å²) in [5, 5.41) is 9.94. The highest BCUT2D eigenvalue weighted by atomic mass is 32.2. The van der Waals surface area contributed by atoms with Gasteiger partial charge >= 0.3 is 6.18 Å². The molecule has 0 spiro atoms. The Kier molecular flexibility index (Phi) is 12.2. The first-order valence-corrected chi connectivity index (χ1v) is 16.1. The van der Waals surface area contributed by atoms with Crippen LogP contribution in [-0.4, -0.2) is 56.2 Å². The molecule has 0 atom stereocenters. The van der Waals surface area contributed by atoms with E-state index >= 15 is 0 Å². The average Bonchev–Trinajstić information content (AvgIpc) is 3.07. The third-order valence-electron chi connectivity index (χ3n) is 7.59. The predicted octanol–water partition coefficient (Wildman–Crippen LogP) is 7.95. The van der Waals surface area contributed by atoms with Crippen molar-refractivity contribution in [3.63, 3.8) is 0 Å². The number of sulfone groups is 1. The van der Waals surface area contributed by atoms with Crippen molar-refractivity contribution < 1.29 is 35.5 Å². The van der Waals surface area contributed by atoms with Crippen LogP contribution in [0.5, 0.6) is 5.75 Å². The van der Waals surface area contributed by atoms with Crippen molar-refractivity contribution in [3.8, 4) is 5.75 Å². The van der Waals surface area contributed by atoms with Gasteiger partial charge in [0.25, 0.3) is 0 Å². The van der Waals surface area contributed by atoms with E-state index in [1.165, 1.54) is 24.3 Å². The Bertz CT molecular complexity index is 1270. The van der Waals surface area contributed by atoms with Crippen LogP contribution in [0.1, 0.15) is 80.9 Å². The van der Waals surface area contributed by atoms with Crippen LogP contribution < -0.4 is 0 Å². The van der Waals surface area contributed by atoms with Crippen molar-refractivity contribution in [1.82, 2.24) is 4.90 Å². The molecule has 0 aliphatic heterocycles. The van der Waals surface area contributed by atoms with Gasteiger partial charge < -0.3 is 10.0 Å². The highest BCUT2D eigenvalue weighted by Crippen LogP contribution is 2.40. The quantitative estimate of drug-likeness (QED) is 0.166. The van der Waals surface area contributed by atoms with Gasteiger partial charge in [-0.2, -0.15) is 13.2 Å². The molecule has 2 aromatic carbocycles. The molecule has 2 aromatic rings. The monoisotopic (exact) mass is 601 g/mol. The minimum atomic E-state index is -4.46. The zero-order chi connectivity index (χ0) is 30.0. The Hall–Kier alpha value is -2.46. The third-order valence-corrected chi connectivity index (χ3v) is 9.32. The summed E-state index contributed by atoms with van der Waals surface area (Å²) in [5.41, 5.74) is 4.81. The number of aryl methyl sites for hydroxylation is 1. The summed E-state index contributed by atoms with van der Waals surface area (Å²) in [6.45, 7) is 1.51. The molecule has 0 radical (unpaired) electrons. The Morgan fingerprint density at radius 1 is 0.878 bits per heavy atom. The maximum absolute atomic E-state index is 14.4. The number of benzene rings is 2. The third kappa shape index (κ3) is 11.0. The molecule has 0 heterocycles. The number of hydrogen-bond acceptors (Lipinski definition) is 4. The molecule has 0 saturated heterocycles. The van der Waals surface area contributed by atoms with Gasteiger partial charge in [0.15, 0.2) is 21.4 Å². The fourth-order valence-corrected chi connectivity index (χ4v) is 6.73. The summed E-state index contributed by atoms with van der Waals surface area (Å²) >= 11 is 0. The van der Waals surface area contributed by atoms with Gasteiger partial charge in [0.1, 0.15) is 5.82 Å². The van der Waals surface area contributed by atoms with E-state index in [2.05, 4.69) is 4.90 Å². The molecular formula is C31H40F5NO3S. The average molecular weight is 602 g/mol. The van der Waals surface area contributed by atoms with Gasteiger partial charge in [0.2, 0.25) is 0 Å². The Morgan fingerprint density at radius 3 is 2.22 bits per heavy atom. The lowest BCUT2D eigenvalue weighted by atomic mass is 9.89. The van der Waals surface area contributed by atoms with E-state index in [1.54, 1.807) is 12.1 Å². The van der Waals surface area contributed by atoms with Gasteiger partial charge in [-0.15, -0.1) is 0 Å². The number of phenols is 1. The molecule has 0 saturated carbocycles. The van der Waals surface area contributed by atoms with Crippen LogP contribution >= 0.6 is 0 Å². The summed E-state index contributed by atoms with van der Waals surface area (Å²) in [5.74, 6) is -2.38. The molecule has 228 valence electrons. The molecule has 1 aliphatic rings. The number of halogens is 5. The molecule has 0 bridgehead atoms. The fourth-order valence-electron chi connectivity index (χ4n) is 5.34. The molecule has 0 amide bonds. The first kappa shape index (κ1) is 33.0. The molecule has 1 aliphatic carbocycles. The maximum Gasteiger partial charge on any atom is 0.390 e. The van der Waals surface area contributed by atoms with E-state index in [0.717, 1.165) is 85.7 Å². The van der Waals surface area contributed by atoms with Gasteiger partial charge in [-0.1, -0.05) is 25.0 Å². The molecule has 1 N–H and O–H groups in total. The van der Waals surface area contributed by atoms with Gasteiger partial charge in [-0.25, -0.2) is 17.2 Å².